The summed E-state index contributed by atoms with van der Waals surface area (Å²) in [6.45, 7) is 0.993. The first kappa shape index (κ1) is 33.8. The van der Waals surface area contributed by atoms with Crippen molar-refractivity contribution in [2.75, 3.05) is 13.1 Å². The number of nitrogens with two attached hydrogens (primary N) is 4. The number of aliphatic imine (C=N–C) groups is 1. The maximum Gasteiger partial charge on any atom is 0.243 e. The van der Waals surface area contributed by atoms with Crippen LogP contribution >= 0.6 is 0 Å². The third-order valence-corrected chi connectivity index (χ3v) is 7.08. The number of rotatable bonds is 17. The molecule has 0 unspecified atom stereocenters. The first-order valence-electron chi connectivity index (χ1n) is 14.8. The number of hydrogen-bond donors (Lipinski definition) is 7. The maximum absolute atomic E-state index is 13.7. The summed E-state index contributed by atoms with van der Waals surface area (Å²) in [6.07, 6.45) is 1.89. The SMILES string of the molecule is NCCC[C@H](N)C(=O)N[C@@H](Cc1ccc(-c2ccccc2)cc1)C(=O)N[C@@H](CCCN=C(N)N)C(=O)NCc1ccccc1. The Kier molecular flexibility index (Phi) is 13.8. The van der Waals surface area contributed by atoms with Crippen LogP contribution in [-0.2, 0) is 27.3 Å². The lowest BCUT2D eigenvalue weighted by Gasteiger charge is -2.24. The second-order valence-electron chi connectivity index (χ2n) is 10.6. The molecule has 234 valence electrons. The predicted octanol–water partition coefficient (Wildman–Crippen LogP) is 1.30. The van der Waals surface area contributed by atoms with Crippen molar-refractivity contribution >= 4 is 23.7 Å². The van der Waals surface area contributed by atoms with Gasteiger partial charge in [0, 0.05) is 19.5 Å². The fourth-order valence-corrected chi connectivity index (χ4v) is 4.61. The van der Waals surface area contributed by atoms with E-state index in [0.29, 0.717) is 38.9 Å². The van der Waals surface area contributed by atoms with Gasteiger partial charge in [0.1, 0.15) is 12.1 Å². The molecule has 3 atom stereocenters. The molecule has 0 aliphatic carbocycles. The molecule has 11 nitrogen and oxygen atoms in total. The van der Waals surface area contributed by atoms with Crippen LogP contribution in [-0.4, -0.2) is 54.9 Å². The fourth-order valence-electron chi connectivity index (χ4n) is 4.61. The summed E-state index contributed by atoms with van der Waals surface area (Å²) in [5.74, 6) is -1.37. The number of hydrogen-bond acceptors (Lipinski definition) is 6. The van der Waals surface area contributed by atoms with Gasteiger partial charge in [0.05, 0.1) is 6.04 Å². The molecule has 0 aliphatic heterocycles. The Balaban J connectivity index is 1.77. The number of benzene rings is 3. The van der Waals surface area contributed by atoms with Crippen LogP contribution in [0.5, 0.6) is 0 Å². The average Bonchev–Trinajstić information content (AvgIpc) is 3.04. The van der Waals surface area contributed by atoms with Crippen molar-refractivity contribution in [1.29, 1.82) is 0 Å². The largest absolute Gasteiger partial charge is 0.370 e. The summed E-state index contributed by atoms with van der Waals surface area (Å²) in [6, 6.07) is 24.5. The summed E-state index contributed by atoms with van der Waals surface area (Å²) >= 11 is 0. The van der Waals surface area contributed by atoms with Crippen LogP contribution in [0.4, 0.5) is 0 Å². The Hall–Kier alpha value is -4.74. The molecule has 44 heavy (non-hydrogen) atoms. The van der Waals surface area contributed by atoms with Gasteiger partial charge in [-0.1, -0.05) is 84.9 Å². The van der Waals surface area contributed by atoms with E-state index in [0.717, 1.165) is 22.3 Å². The van der Waals surface area contributed by atoms with Crippen LogP contribution in [0.2, 0.25) is 0 Å². The topological polar surface area (TPSA) is 204 Å². The van der Waals surface area contributed by atoms with Crippen molar-refractivity contribution in [3.8, 4) is 11.1 Å². The van der Waals surface area contributed by atoms with Gasteiger partial charge in [-0.2, -0.15) is 0 Å². The first-order chi connectivity index (χ1) is 21.3. The molecule has 0 saturated heterocycles. The van der Waals surface area contributed by atoms with Crippen LogP contribution in [0.25, 0.3) is 11.1 Å². The van der Waals surface area contributed by atoms with Crippen LogP contribution in [0.3, 0.4) is 0 Å². The standard InChI is InChI=1S/C33H44N8O3/c34-19-7-13-27(35)30(42)41-29(21-23-15-17-26(18-16-23)25-11-5-2-6-12-25)32(44)40-28(14-8-20-38-33(36)37)31(43)39-22-24-9-3-1-4-10-24/h1-6,9-12,15-18,27-29H,7-8,13-14,19-22,34-35H2,(H,39,43)(H,40,44)(H,41,42)(H4,36,37,38)/t27-,28-,29-/m0/s1. The van der Waals surface area contributed by atoms with Gasteiger partial charge in [0.15, 0.2) is 5.96 Å². The van der Waals surface area contributed by atoms with E-state index < -0.39 is 29.9 Å². The summed E-state index contributed by atoms with van der Waals surface area (Å²) in [4.78, 5) is 43.9. The lowest BCUT2D eigenvalue weighted by molar-refractivity contribution is -0.132. The lowest BCUT2D eigenvalue weighted by atomic mass is 9.99. The van der Waals surface area contributed by atoms with E-state index in [1.165, 1.54) is 0 Å². The molecule has 0 aromatic heterocycles. The molecule has 0 bridgehead atoms. The third kappa shape index (κ3) is 11.5. The summed E-state index contributed by atoms with van der Waals surface area (Å²) in [7, 11) is 0. The van der Waals surface area contributed by atoms with Gasteiger partial charge in [-0.15, -0.1) is 0 Å². The molecule has 3 rings (SSSR count). The normalized spacial score (nSPS) is 12.8. The van der Waals surface area contributed by atoms with Gasteiger partial charge >= 0.3 is 0 Å². The van der Waals surface area contributed by atoms with Crippen molar-refractivity contribution in [2.24, 2.45) is 27.9 Å². The molecular formula is C33H44N8O3. The van der Waals surface area contributed by atoms with Gasteiger partial charge < -0.3 is 38.9 Å². The first-order valence-corrected chi connectivity index (χ1v) is 14.8. The van der Waals surface area contributed by atoms with E-state index >= 15 is 0 Å². The fraction of sp³-hybridized carbons (Fsp3) is 0.333. The highest BCUT2D eigenvalue weighted by molar-refractivity contribution is 5.93. The molecule has 3 aromatic rings. The molecule has 11 heteroatoms. The monoisotopic (exact) mass is 600 g/mol. The van der Waals surface area contributed by atoms with Gasteiger partial charge in [-0.3, -0.25) is 19.4 Å². The molecule has 0 spiro atoms. The number of carbonyl (C=O) groups is 3. The van der Waals surface area contributed by atoms with Crippen molar-refractivity contribution in [2.45, 2.75) is 56.8 Å². The van der Waals surface area contributed by atoms with E-state index in [1.807, 2.05) is 84.9 Å². The Bertz CT molecular complexity index is 1350. The van der Waals surface area contributed by atoms with Crippen molar-refractivity contribution < 1.29 is 14.4 Å². The molecule has 3 amide bonds. The van der Waals surface area contributed by atoms with Gasteiger partial charge in [-0.25, -0.2) is 0 Å². The maximum atomic E-state index is 13.7. The van der Waals surface area contributed by atoms with Gasteiger partial charge in [0.25, 0.3) is 0 Å². The van der Waals surface area contributed by atoms with E-state index in [4.69, 9.17) is 22.9 Å². The molecule has 0 aliphatic rings. The Labute approximate surface area is 258 Å². The second-order valence-corrected chi connectivity index (χ2v) is 10.6. The average molecular weight is 601 g/mol. The van der Waals surface area contributed by atoms with E-state index in [1.54, 1.807) is 0 Å². The summed E-state index contributed by atoms with van der Waals surface area (Å²) < 4.78 is 0. The zero-order valence-corrected chi connectivity index (χ0v) is 25.0. The third-order valence-electron chi connectivity index (χ3n) is 7.08. The minimum Gasteiger partial charge on any atom is -0.370 e. The van der Waals surface area contributed by atoms with E-state index in [9.17, 15) is 14.4 Å². The van der Waals surface area contributed by atoms with Gasteiger partial charge in [-0.05, 0) is 54.5 Å². The highest BCUT2D eigenvalue weighted by atomic mass is 16.2. The van der Waals surface area contributed by atoms with Crippen molar-refractivity contribution in [3.05, 3.63) is 96.1 Å². The number of amides is 3. The molecule has 11 N–H and O–H groups in total. The molecule has 0 radical (unpaired) electrons. The molecular weight excluding hydrogens is 556 g/mol. The molecule has 0 heterocycles. The zero-order valence-electron chi connectivity index (χ0n) is 25.0. The Morgan fingerprint density at radius 2 is 1.30 bits per heavy atom. The number of carbonyl (C=O) groups excluding carboxylic acids is 3. The molecule has 0 saturated carbocycles. The van der Waals surface area contributed by atoms with Crippen molar-refractivity contribution in [3.63, 3.8) is 0 Å². The molecule has 0 fully saturated rings. The lowest BCUT2D eigenvalue weighted by Crippen LogP contribution is -2.56. The zero-order chi connectivity index (χ0) is 31.7. The Morgan fingerprint density at radius 1 is 0.682 bits per heavy atom. The van der Waals surface area contributed by atoms with Crippen LogP contribution in [0.1, 0.15) is 36.8 Å². The van der Waals surface area contributed by atoms with Crippen LogP contribution < -0.4 is 38.9 Å². The summed E-state index contributed by atoms with van der Waals surface area (Å²) in [5, 5.41) is 8.54. The minimum absolute atomic E-state index is 0.0499. The minimum atomic E-state index is -0.976. The highest BCUT2D eigenvalue weighted by Gasteiger charge is 2.28. The number of nitrogens with one attached hydrogen (secondary N) is 3. The second kappa shape index (κ2) is 18.0. The summed E-state index contributed by atoms with van der Waals surface area (Å²) in [5.41, 5.74) is 26.4. The van der Waals surface area contributed by atoms with E-state index in [-0.39, 0.29) is 24.7 Å². The van der Waals surface area contributed by atoms with Crippen molar-refractivity contribution in [1.82, 2.24) is 16.0 Å². The van der Waals surface area contributed by atoms with E-state index in [2.05, 4.69) is 20.9 Å². The van der Waals surface area contributed by atoms with Gasteiger partial charge in [0.2, 0.25) is 17.7 Å². The quantitative estimate of drug-likeness (QED) is 0.0687. The van der Waals surface area contributed by atoms with Crippen LogP contribution in [0.15, 0.2) is 89.9 Å². The highest BCUT2D eigenvalue weighted by Crippen LogP contribution is 2.20. The van der Waals surface area contributed by atoms with Crippen LogP contribution in [0, 0.1) is 0 Å². The smallest absolute Gasteiger partial charge is 0.243 e. The number of guanidine groups is 1. The Morgan fingerprint density at radius 3 is 1.93 bits per heavy atom. The predicted molar refractivity (Wildman–Crippen MR) is 174 cm³/mol. The number of nitrogens with zero attached hydrogens (tertiary/aromatic N) is 1. The molecule has 3 aromatic carbocycles.